The third-order valence-electron chi connectivity index (χ3n) is 3.68. The Kier molecular flexibility index (Phi) is 4.96. The van der Waals surface area contributed by atoms with Gasteiger partial charge < -0.3 is 5.73 Å². The van der Waals surface area contributed by atoms with Gasteiger partial charge in [-0.15, -0.1) is 0 Å². The van der Waals surface area contributed by atoms with Crippen molar-refractivity contribution in [2.75, 3.05) is 31.9 Å². The SMILES string of the molecule is CC(C)N1CCN(Cc2cc(Cl)c(N)c(Cl)c2)CC1. The summed E-state index contributed by atoms with van der Waals surface area (Å²) < 4.78 is 0. The Labute approximate surface area is 125 Å². The second-order valence-electron chi connectivity index (χ2n) is 5.38. The topological polar surface area (TPSA) is 32.5 Å². The van der Waals surface area contributed by atoms with Crippen LogP contribution < -0.4 is 5.73 Å². The Bertz CT molecular complexity index is 417. The van der Waals surface area contributed by atoms with E-state index in [0.29, 0.717) is 21.8 Å². The first-order valence-electron chi connectivity index (χ1n) is 6.67. The van der Waals surface area contributed by atoms with Crippen molar-refractivity contribution in [1.29, 1.82) is 0 Å². The van der Waals surface area contributed by atoms with Crippen molar-refractivity contribution in [1.82, 2.24) is 9.80 Å². The van der Waals surface area contributed by atoms with Crippen LogP contribution in [0.5, 0.6) is 0 Å². The Morgan fingerprint density at radius 1 is 1.11 bits per heavy atom. The largest absolute Gasteiger partial charge is 0.396 e. The Hall–Kier alpha value is -0.480. The van der Waals surface area contributed by atoms with Gasteiger partial charge in [-0.1, -0.05) is 23.2 Å². The molecule has 0 saturated carbocycles. The third kappa shape index (κ3) is 3.76. The molecular weight excluding hydrogens is 281 g/mol. The van der Waals surface area contributed by atoms with Crippen molar-refractivity contribution in [3.63, 3.8) is 0 Å². The molecule has 2 N–H and O–H groups in total. The van der Waals surface area contributed by atoms with Crippen LogP contribution in [0.1, 0.15) is 19.4 Å². The lowest BCUT2D eigenvalue weighted by Crippen LogP contribution is -2.48. The van der Waals surface area contributed by atoms with Crippen molar-refractivity contribution in [3.8, 4) is 0 Å². The maximum atomic E-state index is 6.07. The number of nitrogen functional groups attached to an aromatic ring is 1. The molecule has 0 aliphatic carbocycles. The van der Waals surface area contributed by atoms with Gasteiger partial charge in [0.05, 0.1) is 15.7 Å². The van der Waals surface area contributed by atoms with Crippen molar-refractivity contribution >= 4 is 28.9 Å². The minimum absolute atomic E-state index is 0.469. The zero-order chi connectivity index (χ0) is 14.0. The smallest absolute Gasteiger partial charge is 0.0693 e. The van der Waals surface area contributed by atoms with Gasteiger partial charge in [0.1, 0.15) is 0 Å². The minimum atomic E-state index is 0.469. The summed E-state index contributed by atoms with van der Waals surface area (Å²) in [5, 5.41) is 1.09. The lowest BCUT2D eigenvalue weighted by atomic mass is 10.1. The van der Waals surface area contributed by atoms with E-state index in [1.807, 2.05) is 12.1 Å². The summed E-state index contributed by atoms with van der Waals surface area (Å²) in [6.07, 6.45) is 0. The van der Waals surface area contributed by atoms with Crippen LogP contribution in [0.4, 0.5) is 5.69 Å². The summed E-state index contributed by atoms with van der Waals surface area (Å²) in [6, 6.07) is 4.46. The van der Waals surface area contributed by atoms with E-state index in [0.717, 1.165) is 38.3 Å². The van der Waals surface area contributed by atoms with Crippen LogP contribution in [0.3, 0.4) is 0 Å². The number of nitrogens with zero attached hydrogens (tertiary/aromatic N) is 2. The highest BCUT2D eigenvalue weighted by Crippen LogP contribution is 2.29. The molecule has 0 radical (unpaired) electrons. The van der Waals surface area contributed by atoms with E-state index in [1.165, 1.54) is 0 Å². The molecular formula is C14H21Cl2N3. The first-order valence-corrected chi connectivity index (χ1v) is 7.42. The molecule has 1 aliphatic rings. The summed E-state index contributed by atoms with van der Waals surface area (Å²) in [6.45, 7) is 9.77. The molecule has 5 heteroatoms. The first kappa shape index (κ1) is 14.9. The predicted octanol–water partition coefficient (Wildman–Crippen LogP) is 3.10. The van der Waals surface area contributed by atoms with E-state index in [4.69, 9.17) is 28.9 Å². The molecule has 1 fully saturated rings. The lowest BCUT2D eigenvalue weighted by molar-refractivity contribution is 0.104. The molecule has 0 amide bonds. The molecule has 2 rings (SSSR count). The first-order chi connectivity index (χ1) is 8.97. The highest BCUT2D eigenvalue weighted by Gasteiger charge is 2.19. The van der Waals surface area contributed by atoms with Gasteiger partial charge in [0, 0.05) is 38.8 Å². The van der Waals surface area contributed by atoms with Gasteiger partial charge in [0.15, 0.2) is 0 Å². The quantitative estimate of drug-likeness (QED) is 0.871. The van der Waals surface area contributed by atoms with Gasteiger partial charge >= 0.3 is 0 Å². The molecule has 1 aliphatic heterocycles. The Balaban J connectivity index is 1.96. The van der Waals surface area contributed by atoms with E-state index < -0.39 is 0 Å². The maximum Gasteiger partial charge on any atom is 0.0693 e. The number of piperazine rings is 1. The predicted molar refractivity (Wildman–Crippen MR) is 82.9 cm³/mol. The highest BCUT2D eigenvalue weighted by atomic mass is 35.5. The highest BCUT2D eigenvalue weighted by molar-refractivity contribution is 6.38. The molecule has 19 heavy (non-hydrogen) atoms. The van der Waals surface area contributed by atoms with E-state index in [1.54, 1.807) is 0 Å². The number of benzene rings is 1. The normalized spacial score (nSPS) is 18.2. The monoisotopic (exact) mass is 301 g/mol. The van der Waals surface area contributed by atoms with Crippen molar-refractivity contribution < 1.29 is 0 Å². The lowest BCUT2D eigenvalue weighted by Gasteiger charge is -2.37. The third-order valence-corrected chi connectivity index (χ3v) is 4.31. The van der Waals surface area contributed by atoms with Crippen molar-refractivity contribution in [2.45, 2.75) is 26.4 Å². The average Bonchev–Trinajstić information content (AvgIpc) is 2.36. The van der Waals surface area contributed by atoms with Gasteiger partial charge in [-0.05, 0) is 31.5 Å². The van der Waals surface area contributed by atoms with Crippen LogP contribution in [-0.2, 0) is 6.54 Å². The summed E-state index contributed by atoms with van der Waals surface area (Å²) in [4.78, 5) is 4.93. The van der Waals surface area contributed by atoms with Gasteiger partial charge in [0.2, 0.25) is 0 Å². The fourth-order valence-corrected chi connectivity index (χ4v) is 2.96. The molecule has 1 aromatic rings. The molecule has 106 valence electrons. The van der Waals surface area contributed by atoms with Crippen LogP contribution in [0.25, 0.3) is 0 Å². The number of rotatable bonds is 3. The van der Waals surface area contributed by atoms with Crippen molar-refractivity contribution in [3.05, 3.63) is 27.7 Å². The van der Waals surface area contributed by atoms with Crippen LogP contribution in [0.2, 0.25) is 10.0 Å². The van der Waals surface area contributed by atoms with Gasteiger partial charge in [-0.25, -0.2) is 0 Å². The summed E-state index contributed by atoms with van der Waals surface area (Å²) in [5.41, 5.74) is 7.35. The minimum Gasteiger partial charge on any atom is -0.396 e. The molecule has 0 atom stereocenters. The van der Waals surface area contributed by atoms with Crippen LogP contribution in [0, 0.1) is 0 Å². The van der Waals surface area contributed by atoms with Gasteiger partial charge in [0.25, 0.3) is 0 Å². The van der Waals surface area contributed by atoms with E-state index in [2.05, 4.69) is 23.6 Å². The average molecular weight is 302 g/mol. The summed E-state index contributed by atoms with van der Waals surface area (Å²) in [7, 11) is 0. The number of halogens is 2. The zero-order valence-electron chi connectivity index (χ0n) is 11.5. The molecule has 0 unspecified atom stereocenters. The fraction of sp³-hybridized carbons (Fsp3) is 0.571. The van der Waals surface area contributed by atoms with E-state index in [9.17, 15) is 0 Å². The second-order valence-corrected chi connectivity index (χ2v) is 6.19. The van der Waals surface area contributed by atoms with Crippen LogP contribution in [0.15, 0.2) is 12.1 Å². The van der Waals surface area contributed by atoms with Crippen LogP contribution >= 0.6 is 23.2 Å². The van der Waals surface area contributed by atoms with Gasteiger partial charge in [-0.2, -0.15) is 0 Å². The molecule has 3 nitrogen and oxygen atoms in total. The maximum absolute atomic E-state index is 6.07. The summed E-state index contributed by atoms with van der Waals surface area (Å²) >= 11 is 12.1. The molecule has 1 heterocycles. The van der Waals surface area contributed by atoms with Crippen molar-refractivity contribution in [2.24, 2.45) is 0 Å². The number of hydrogen-bond donors (Lipinski definition) is 1. The second kappa shape index (κ2) is 6.31. The number of hydrogen-bond acceptors (Lipinski definition) is 3. The Morgan fingerprint density at radius 2 is 1.63 bits per heavy atom. The Morgan fingerprint density at radius 3 is 2.11 bits per heavy atom. The molecule has 0 spiro atoms. The molecule has 0 aromatic heterocycles. The van der Waals surface area contributed by atoms with Crippen LogP contribution in [-0.4, -0.2) is 42.0 Å². The van der Waals surface area contributed by atoms with E-state index >= 15 is 0 Å². The molecule has 1 aromatic carbocycles. The summed E-state index contributed by atoms with van der Waals surface area (Å²) in [5.74, 6) is 0. The zero-order valence-corrected chi connectivity index (χ0v) is 13.0. The molecule has 0 bridgehead atoms. The van der Waals surface area contributed by atoms with Gasteiger partial charge in [-0.3, -0.25) is 9.80 Å². The van der Waals surface area contributed by atoms with E-state index in [-0.39, 0.29) is 0 Å². The molecule has 1 saturated heterocycles. The number of anilines is 1. The standard InChI is InChI=1S/C14H21Cl2N3/c1-10(2)19-5-3-18(4-6-19)9-11-7-12(15)14(17)13(16)8-11/h7-8,10H,3-6,9,17H2,1-2H3. The number of nitrogens with two attached hydrogens (primary N) is 1. The fourth-order valence-electron chi connectivity index (χ4n) is 2.42.